The maximum absolute atomic E-state index is 13.8. The number of hydrogen-bond acceptors (Lipinski definition) is 2. The van der Waals surface area contributed by atoms with Crippen molar-refractivity contribution in [3.8, 4) is 17.2 Å². The summed E-state index contributed by atoms with van der Waals surface area (Å²) >= 11 is 0. The molecule has 1 aromatic carbocycles. The number of nitrogens with zero attached hydrogens (tertiary/aromatic N) is 3. The molecule has 0 atom stereocenters. The quantitative estimate of drug-likeness (QED) is 0.811. The van der Waals surface area contributed by atoms with Gasteiger partial charge in [-0.05, 0) is 11.6 Å². The van der Waals surface area contributed by atoms with E-state index in [0.29, 0.717) is 10.2 Å². The highest BCUT2D eigenvalue weighted by molar-refractivity contribution is 5.62. The van der Waals surface area contributed by atoms with E-state index < -0.39 is 18.5 Å². The molecule has 2 aromatic rings. The molecular weight excluding hydrogens is 274 g/mol. The SMILES string of the molecule is N#CCc1ccc(-c2cnn(CC(F)(F)F)c2)c(F)c1. The van der Waals surface area contributed by atoms with E-state index in [1.54, 1.807) is 6.07 Å². The fourth-order valence-electron chi connectivity index (χ4n) is 1.77. The second-order valence-corrected chi connectivity index (χ2v) is 4.19. The first-order chi connectivity index (χ1) is 9.39. The molecule has 20 heavy (non-hydrogen) atoms. The normalized spacial score (nSPS) is 11.3. The summed E-state index contributed by atoms with van der Waals surface area (Å²) in [6, 6.07) is 6.07. The van der Waals surface area contributed by atoms with E-state index in [2.05, 4.69) is 5.10 Å². The van der Waals surface area contributed by atoms with Crippen LogP contribution in [0.2, 0.25) is 0 Å². The van der Waals surface area contributed by atoms with Crippen LogP contribution in [0.3, 0.4) is 0 Å². The summed E-state index contributed by atoms with van der Waals surface area (Å²) in [5.41, 5.74) is 0.923. The van der Waals surface area contributed by atoms with Crippen LogP contribution in [-0.4, -0.2) is 16.0 Å². The standard InChI is InChI=1S/C13H9F4N3/c14-12-5-9(3-4-18)1-2-11(12)10-6-19-20(7-10)8-13(15,16)17/h1-2,5-7H,3,8H2. The zero-order valence-electron chi connectivity index (χ0n) is 10.2. The summed E-state index contributed by atoms with van der Waals surface area (Å²) in [5, 5.41) is 12.1. The number of nitriles is 1. The lowest BCUT2D eigenvalue weighted by Crippen LogP contribution is -2.17. The number of hydrogen-bond donors (Lipinski definition) is 0. The molecule has 0 saturated carbocycles. The highest BCUT2D eigenvalue weighted by Crippen LogP contribution is 2.25. The van der Waals surface area contributed by atoms with Crippen LogP contribution in [0.5, 0.6) is 0 Å². The molecule has 0 N–H and O–H groups in total. The molecule has 0 fully saturated rings. The van der Waals surface area contributed by atoms with Crippen LogP contribution in [0.1, 0.15) is 5.56 Å². The second kappa shape index (κ2) is 5.33. The molecule has 104 valence electrons. The van der Waals surface area contributed by atoms with Gasteiger partial charge in [0.25, 0.3) is 0 Å². The van der Waals surface area contributed by atoms with Gasteiger partial charge < -0.3 is 0 Å². The van der Waals surface area contributed by atoms with Crippen LogP contribution in [-0.2, 0) is 13.0 Å². The van der Waals surface area contributed by atoms with Gasteiger partial charge in [0.2, 0.25) is 0 Å². The van der Waals surface area contributed by atoms with E-state index in [1.165, 1.54) is 18.3 Å². The Morgan fingerprint density at radius 1 is 1.30 bits per heavy atom. The van der Waals surface area contributed by atoms with E-state index in [0.717, 1.165) is 6.20 Å². The molecule has 2 rings (SSSR count). The topological polar surface area (TPSA) is 41.6 Å². The van der Waals surface area contributed by atoms with Gasteiger partial charge in [-0.3, -0.25) is 4.68 Å². The minimum Gasteiger partial charge on any atom is -0.263 e. The van der Waals surface area contributed by atoms with Crippen molar-refractivity contribution < 1.29 is 17.6 Å². The third-order valence-corrected chi connectivity index (χ3v) is 2.60. The van der Waals surface area contributed by atoms with Gasteiger partial charge in [-0.25, -0.2) is 4.39 Å². The maximum Gasteiger partial charge on any atom is 0.408 e. The Kier molecular flexibility index (Phi) is 3.74. The first-order valence-electron chi connectivity index (χ1n) is 5.64. The van der Waals surface area contributed by atoms with Crippen molar-refractivity contribution in [3.05, 3.63) is 42.0 Å². The van der Waals surface area contributed by atoms with Crippen molar-refractivity contribution in [3.63, 3.8) is 0 Å². The van der Waals surface area contributed by atoms with Crippen LogP contribution in [0.25, 0.3) is 11.1 Å². The fraction of sp³-hybridized carbons (Fsp3) is 0.231. The molecule has 1 heterocycles. The van der Waals surface area contributed by atoms with E-state index in [4.69, 9.17) is 5.26 Å². The number of rotatable bonds is 3. The predicted molar refractivity (Wildman–Crippen MR) is 63.0 cm³/mol. The van der Waals surface area contributed by atoms with Crippen LogP contribution in [0, 0.1) is 17.1 Å². The fourth-order valence-corrected chi connectivity index (χ4v) is 1.77. The molecule has 0 spiro atoms. The minimum absolute atomic E-state index is 0.0739. The van der Waals surface area contributed by atoms with Gasteiger partial charge in [0.15, 0.2) is 0 Å². The van der Waals surface area contributed by atoms with E-state index in [9.17, 15) is 17.6 Å². The summed E-state index contributed by atoms with van der Waals surface area (Å²) in [4.78, 5) is 0. The van der Waals surface area contributed by atoms with Crippen molar-refractivity contribution in [2.45, 2.75) is 19.1 Å². The lowest BCUT2D eigenvalue weighted by molar-refractivity contribution is -0.142. The van der Waals surface area contributed by atoms with Gasteiger partial charge in [-0.2, -0.15) is 23.5 Å². The Morgan fingerprint density at radius 2 is 2.05 bits per heavy atom. The van der Waals surface area contributed by atoms with Gasteiger partial charge in [0.1, 0.15) is 12.4 Å². The molecule has 0 aliphatic carbocycles. The first-order valence-corrected chi connectivity index (χ1v) is 5.64. The first kappa shape index (κ1) is 14.1. The molecule has 0 amide bonds. The zero-order chi connectivity index (χ0) is 14.8. The van der Waals surface area contributed by atoms with Crippen molar-refractivity contribution >= 4 is 0 Å². The Balaban J connectivity index is 2.26. The summed E-state index contributed by atoms with van der Waals surface area (Å²) in [7, 11) is 0. The van der Waals surface area contributed by atoms with E-state index in [-0.39, 0.29) is 17.5 Å². The highest BCUT2D eigenvalue weighted by Gasteiger charge is 2.28. The molecule has 3 nitrogen and oxygen atoms in total. The minimum atomic E-state index is -4.38. The van der Waals surface area contributed by atoms with Crippen LogP contribution in [0.15, 0.2) is 30.6 Å². The monoisotopic (exact) mass is 283 g/mol. The van der Waals surface area contributed by atoms with Gasteiger partial charge in [-0.1, -0.05) is 12.1 Å². The van der Waals surface area contributed by atoms with Crippen LogP contribution >= 0.6 is 0 Å². The second-order valence-electron chi connectivity index (χ2n) is 4.19. The van der Waals surface area contributed by atoms with Crippen molar-refractivity contribution in [2.75, 3.05) is 0 Å². The predicted octanol–water partition coefficient (Wildman–Crippen LogP) is 3.32. The third kappa shape index (κ3) is 3.35. The molecule has 0 aliphatic rings. The van der Waals surface area contributed by atoms with Gasteiger partial charge in [0.05, 0.1) is 18.7 Å². The highest BCUT2D eigenvalue weighted by atomic mass is 19.4. The van der Waals surface area contributed by atoms with E-state index in [1.807, 2.05) is 6.07 Å². The maximum atomic E-state index is 13.8. The molecule has 0 bridgehead atoms. The van der Waals surface area contributed by atoms with Crippen LogP contribution < -0.4 is 0 Å². The average Bonchev–Trinajstić information content (AvgIpc) is 2.75. The summed E-state index contributed by atoms with van der Waals surface area (Å²) < 4.78 is 51.2. The third-order valence-electron chi connectivity index (χ3n) is 2.60. The molecule has 0 aliphatic heterocycles. The number of benzene rings is 1. The number of alkyl halides is 3. The number of aromatic nitrogens is 2. The Morgan fingerprint density at radius 3 is 2.65 bits per heavy atom. The lowest BCUT2D eigenvalue weighted by atomic mass is 10.1. The Bertz CT molecular complexity index is 652. The molecule has 1 aromatic heterocycles. The Labute approximate surface area is 112 Å². The van der Waals surface area contributed by atoms with Crippen molar-refractivity contribution in [2.24, 2.45) is 0 Å². The van der Waals surface area contributed by atoms with Crippen LogP contribution in [0.4, 0.5) is 17.6 Å². The van der Waals surface area contributed by atoms with Crippen molar-refractivity contribution in [1.82, 2.24) is 9.78 Å². The summed E-state index contributed by atoms with van der Waals surface area (Å²) in [6.45, 7) is -1.22. The smallest absolute Gasteiger partial charge is 0.263 e. The number of halogens is 4. The molecule has 7 heteroatoms. The average molecular weight is 283 g/mol. The summed E-state index contributed by atoms with van der Waals surface area (Å²) in [6.07, 6.45) is -1.99. The molecule has 0 radical (unpaired) electrons. The largest absolute Gasteiger partial charge is 0.408 e. The molecular formula is C13H9F4N3. The molecule has 0 unspecified atom stereocenters. The Hall–Kier alpha value is -2.36. The zero-order valence-corrected chi connectivity index (χ0v) is 10.2. The van der Waals surface area contributed by atoms with Gasteiger partial charge in [0, 0.05) is 17.3 Å². The van der Waals surface area contributed by atoms with Gasteiger partial charge >= 0.3 is 6.18 Å². The summed E-state index contributed by atoms with van der Waals surface area (Å²) in [5.74, 6) is -0.593. The van der Waals surface area contributed by atoms with Crippen molar-refractivity contribution in [1.29, 1.82) is 5.26 Å². The van der Waals surface area contributed by atoms with E-state index >= 15 is 0 Å². The molecule has 0 saturated heterocycles. The van der Waals surface area contributed by atoms with Gasteiger partial charge in [-0.15, -0.1) is 0 Å². The lowest BCUT2D eigenvalue weighted by Gasteiger charge is -2.05.